The van der Waals surface area contributed by atoms with Gasteiger partial charge in [-0.1, -0.05) is 6.08 Å². The molecule has 0 fully saturated rings. The lowest BCUT2D eigenvalue weighted by molar-refractivity contribution is -0.136. The quantitative estimate of drug-likeness (QED) is 0.175. The molecule has 6 nitrogen and oxygen atoms in total. The second kappa shape index (κ2) is 8.58. The van der Waals surface area contributed by atoms with Gasteiger partial charge in [0.2, 0.25) is 0 Å². The summed E-state index contributed by atoms with van der Waals surface area (Å²) in [6.45, 7) is 0. The van der Waals surface area contributed by atoms with Crippen LogP contribution in [0.4, 0.5) is 0 Å². The van der Waals surface area contributed by atoms with E-state index in [2.05, 4.69) is 26.1 Å². The Morgan fingerprint density at radius 2 is 1.61 bits per heavy atom. The van der Waals surface area contributed by atoms with Crippen molar-refractivity contribution in [2.75, 3.05) is 21.3 Å². The summed E-state index contributed by atoms with van der Waals surface area (Å²) in [5.41, 5.74) is -0.0944. The monoisotopic (exact) mass is 252 g/mol. The van der Waals surface area contributed by atoms with Gasteiger partial charge in [0.05, 0.1) is 21.3 Å². The van der Waals surface area contributed by atoms with Gasteiger partial charge in [-0.15, -0.1) is 0 Å². The van der Waals surface area contributed by atoms with Gasteiger partial charge in [-0.3, -0.25) is 0 Å². The fraction of sp³-hybridized carbons (Fsp3) is 0.250. The maximum absolute atomic E-state index is 11.3. The average Bonchev–Trinajstić information content (AvgIpc) is 2.40. The van der Waals surface area contributed by atoms with E-state index in [-0.39, 0.29) is 5.57 Å². The number of rotatable bonds is 3. The number of hydrogen-bond donors (Lipinski definition) is 0. The maximum Gasteiger partial charge on any atom is 0.384 e. The number of hydrogen-bond acceptors (Lipinski definition) is 6. The Balaban J connectivity index is 4.99. The van der Waals surface area contributed by atoms with Gasteiger partial charge in [0, 0.05) is 12.0 Å². The summed E-state index contributed by atoms with van der Waals surface area (Å²) in [4.78, 5) is 32.8. The normalized spacial score (nSPS) is 10.3. The number of carbonyl (C=O) groups is 3. The van der Waals surface area contributed by atoms with Crippen molar-refractivity contribution in [2.45, 2.75) is 0 Å². The fourth-order valence-corrected chi connectivity index (χ4v) is 0.731. The lowest BCUT2D eigenvalue weighted by Gasteiger charge is -1.95. The standard InChI is InChI=1S/C12H12O6/c1-16-10(13)6-4-5-9(12(15)18-3)7-8-11(14)17-2/h4-6H,1-3H3/b6-4+,9-5-. The highest BCUT2D eigenvalue weighted by atomic mass is 16.5. The summed E-state index contributed by atoms with van der Waals surface area (Å²) in [6.07, 6.45) is 3.56. The number of allylic oxidation sites excluding steroid dienone is 2. The lowest BCUT2D eigenvalue weighted by atomic mass is 10.2. The summed E-state index contributed by atoms with van der Waals surface area (Å²) >= 11 is 0. The van der Waals surface area contributed by atoms with Gasteiger partial charge in [0.1, 0.15) is 5.57 Å². The fourth-order valence-electron chi connectivity index (χ4n) is 0.731. The van der Waals surface area contributed by atoms with Crippen LogP contribution in [-0.4, -0.2) is 39.2 Å². The largest absolute Gasteiger partial charge is 0.466 e. The van der Waals surface area contributed by atoms with Crippen molar-refractivity contribution in [3.05, 3.63) is 23.8 Å². The van der Waals surface area contributed by atoms with Crippen LogP contribution in [0.15, 0.2) is 23.8 Å². The van der Waals surface area contributed by atoms with Gasteiger partial charge < -0.3 is 14.2 Å². The lowest BCUT2D eigenvalue weighted by Crippen LogP contribution is -2.04. The van der Waals surface area contributed by atoms with Gasteiger partial charge in [-0.25, -0.2) is 14.4 Å². The summed E-state index contributed by atoms with van der Waals surface area (Å²) in [5, 5.41) is 0. The molecule has 0 aromatic heterocycles. The van der Waals surface area contributed by atoms with Gasteiger partial charge in [-0.2, -0.15) is 0 Å². The third-order valence-corrected chi connectivity index (χ3v) is 1.59. The molecule has 18 heavy (non-hydrogen) atoms. The van der Waals surface area contributed by atoms with Crippen molar-refractivity contribution in [3.63, 3.8) is 0 Å². The van der Waals surface area contributed by atoms with Crippen LogP contribution in [0.5, 0.6) is 0 Å². The van der Waals surface area contributed by atoms with Crippen LogP contribution in [0.25, 0.3) is 0 Å². The first kappa shape index (κ1) is 15.4. The van der Waals surface area contributed by atoms with Gasteiger partial charge in [0.25, 0.3) is 0 Å². The molecule has 0 aromatic rings. The van der Waals surface area contributed by atoms with E-state index < -0.39 is 17.9 Å². The molecule has 0 amide bonds. The second-order valence-electron chi connectivity index (χ2n) is 2.70. The molecule has 0 aromatic carbocycles. The number of esters is 3. The SMILES string of the molecule is COC(=O)C#C/C(=C/C=C/C(=O)OC)C(=O)OC. The van der Waals surface area contributed by atoms with Crippen molar-refractivity contribution in [1.82, 2.24) is 0 Å². The van der Waals surface area contributed by atoms with Crippen LogP contribution < -0.4 is 0 Å². The minimum Gasteiger partial charge on any atom is -0.466 e. The van der Waals surface area contributed by atoms with E-state index >= 15 is 0 Å². The Kier molecular flexibility index (Phi) is 7.37. The summed E-state index contributed by atoms with van der Waals surface area (Å²) < 4.78 is 13.1. The highest BCUT2D eigenvalue weighted by molar-refractivity contribution is 5.97. The maximum atomic E-state index is 11.3. The number of ether oxygens (including phenoxy) is 3. The molecule has 6 heteroatoms. The molecule has 0 N–H and O–H groups in total. The van der Waals surface area contributed by atoms with Crippen molar-refractivity contribution in [3.8, 4) is 11.8 Å². The number of carbonyl (C=O) groups excluding carboxylic acids is 3. The molecule has 0 saturated carbocycles. The molecular weight excluding hydrogens is 240 g/mol. The zero-order chi connectivity index (χ0) is 14.0. The zero-order valence-electron chi connectivity index (χ0n) is 10.2. The van der Waals surface area contributed by atoms with Crippen LogP contribution in [0.2, 0.25) is 0 Å². The first-order chi connectivity index (χ1) is 8.54. The molecule has 0 saturated heterocycles. The Morgan fingerprint density at radius 3 is 2.11 bits per heavy atom. The van der Waals surface area contributed by atoms with E-state index in [0.717, 1.165) is 13.2 Å². The molecule has 0 unspecified atom stereocenters. The van der Waals surface area contributed by atoms with Crippen LogP contribution in [0.3, 0.4) is 0 Å². The zero-order valence-corrected chi connectivity index (χ0v) is 10.2. The molecular formula is C12H12O6. The molecule has 0 radical (unpaired) electrons. The van der Waals surface area contributed by atoms with E-state index in [9.17, 15) is 14.4 Å². The Hall–Kier alpha value is -2.55. The van der Waals surface area contributed by atoms with Crippen LogP contribution >= 0.6 is 0 Å². The summed E-state index contributed by atoms with van der Waals surface area (Å²) in [5.74, 6) is 2.23. The first-order valence-corrected chi connectivity index (χ1v) is 4.69. The van der Waals surface area contributed by atoms with Crippen molar-refractivity contribution >= 4 is 17.9 Å². The molecule has 0 heterocycles. The van der Waals surface area contributed by atoms with Crippen LogP contribution in [0, 0.1) is 11.8 Å². The highest BCUT2D eigenvalue weighted by Crippen LogP contribution is 1.97. The molecule has 96 valence electrons. The van der Waals surface area contributed by atoms with E-state index in [1.54, 1.807) is 0 Å². The van der Waals surface area contributed by atoms with Gasteiger partial charge in [-0.05, 0) is 12.0 Å². The van der Waals surface area contributed by atoms with Crippen LogP contribution in [0.1, 0.15) is 0 Å². The second-order valence-corrected chi connectivity index (χ2v) is 2.70. The van der Waals surface area contributed by atoms with E-state index in [1.165, 1.54) is 26.4 Å². The molecule has 0 rings (SSSR count). The van der Waals surface area contributed by atoms with E-state index in [1.807, 2.05) is 0 Å². The number of methoxy groups -OCH3 is 3. The van der Waals surface area contributed by atoms with Crippen LogP contribution in [-0.2, 0) is 28.6 Å². The Labute approximate surface area is 104 Å². The molecule has 0 aliphatic rings. The molecule has 0 aliphatic heterocycles. The summed E-state index contributed by atoms with van der Waals surface area (Å²) in [6, 6.07) is 0. The summed E-state index contributed by atoms with van der Waals surface area (Å²) in [7, 11) is 3.55. The van der Waals surface area contributed by atoms with Crippen molar-refractivity contribution in [2.24, 2.45) is 0 Å². The third kappa shape index (κ3) is 6.12. The Bertz CT molecular complexity index is 447. The minimum absolute atomic E-state index is 0.0944. The third-order valence-electron chi connectivity index (χ3n) is 1.59. The molecule has 0 bridgehead atoms. The van der Waals surface area contributed by atoms with Gasteiger partial charge in [0.15, 0.2) is 0 Å². The highest BCUT2D eigenvalue weighted by Gasteiger charge is 2.05. The molecule has 0 atom stereocenters. The smallest absolute Gasteiger partial charge is 0.384 e. The van der Waals surface area contributed by atoms with Crippen molar-refractivity contribution < 1.29 is 28.6 Å². The van der Waals surface area contributed by atoms with Crippen molar-refractivity contribution in [1.29, 1.82) is 0 Å². The molecule has 0 aliphatic carbocycles. The van der Waals surface area contributed by atoms with Gasteiger partial charge >= 0.3 is 17.9 Å². The van der Waals surface area contributed by atoms with E-state index in [4.69, 9.17) is 0 Å². The predicted molar refractivity (Wildman–Crippen MR) is 61.0 cm³/mol. The first-order valence-electron chi connectivity index (χ1n) is 4.69. The Morgan fingerprint density at radius 1 is 0.944 bits per heavy atom. The average molecular weight is 252 g/mol. The predicted octanol–water partition coefficient (Wildman–Crippen LogP) is -0.00860. The minimum atomic E-state index is -0.790. The molecule has 0 spiro atoms. The topological polar surface area (TPSA) is 78.9 Å². The van der Waals surface area contributed by atoms with E-state index in [0.29, 0.717) is 0 Å².